The van der Waals surface area contributed by atoms with E-state index >= 15 is 0 Å². The van der Waals surface area contributed by atoms with E-state index in [1.807, 2.05) is 4.90 Å². The number of nitrogens with one attached hydrogen (secondary N) is 1. The van der Waals surface area contributed by atoms with Gasteiger partial charge in [0.25, 0.3) is 0 Å². The van der Waals surface area contributed by atoms with E-state index in [1.54, 1.807) is 0 Å². The smallest absolute Gasteiger partial charge is 0.242 e. The topological polar surface area (TPSA) is 38.8 Å². The molecular formula is C15H32N4O. The summed E-state index contributed by atoms with van der Waals surface area (Å²) in [5, 5.41) is 3.35. The van der Waals surface area contributed by atoms with Gasteiger partial charge in [0.15, 0.2) is 0 Å². The van der Waals surface area contributed by atoms with E-state index in [2.05, 4.69) is 50.0 Å². The van der Waals surface area contributed by atoms with Crippen LogP contribution >= 0.6 is 0 Å². The maximum atomic E-state index is 12.9. The van der Waals surface area contributed by atoms with Crippen LogP contribution in [0.3, 0.4) is 0 Å². The van der Waals surface area contributed by atoms with Crippen molar-refractivity contribution in [3.8, 4) is 0 Å². The lowest BCUT2D eigenvalue weighted by Crippen LogP contribution is -2.61. The third kappa shape index (κ3) is 4.72. The van der Waals surface area contributed by atoms with Crippen LogP contribution in [0.5, 0.6) is 0 Å². The van der Waals surface area contributed by atoms with Crippen molar-refractivity contribution in [3.05, 3.63) is 0 Å². The van der Waals surface area contributed by atoms with Crippen LogP contribution in [0, 0.1) is 0 Å². The summed E-state index contributed by atoms with van der Waals surface area (Å²) in [6, 6.07) is 0. The Morgan fingerprint density at radius 3 is 2.25 bits per heavy atom. The molecule has 1 rings (SSSR count). The number of hydrogen-bond acceptors (Lipinski definition) is 4. The highest BCUT2D eigenvalue weighted by Gasteiger charge is 2.37. The first-order valence-corrected chi connectivity index (χ1v) is 7.79. The van der Waals surface area contributed by atoms with Gasteiger partial charge in [0, 0.05) is 45.8 Å². The standard InChI is InChI=1S/C15H32N4O/c1-6-9-18(13-12-17(4)5)14(20)15(2,3)19-10-7-16-8-11-19/h16H,6-13H2,1-5H3. The van der Waals surface area contributed by atoms with Crippen LogP contribution < -0.4 is 5.32 Å². The molecule has 1 aliphatic heterocycles. The zero-order valence-corrected chi connectivity index (χ0v) is 13.9. The number of rotatable bonds is 7. The summed E-state index contributed by atoms with van der Waals surface area (Å²) in [5.74, 6) is 0.267. The van der Waals surface area contributed by atoms with E-state index in [0.717, 1.165) is 52.2 Å². The number of piperazine rings is 1. The van der Waals surface area contributed by atoms with Gasteiger partial charge in [-0.05, 0) is 34.4 Å². The first-order valence-electron chi connectivity index (χ1n) is 7.79. The summed E-state index contributed by atoms with van der Waals surface area (Å²) in [6.45, 7) is 12.7. The number of carbonyl (C=O) groups excluding carboxylic acids is 1. The van der Waals surface area contributed by atoms with Gasteiger partial charge in [-0.3, -0.25) is 9.69 Å². The molecule has 0 radical (unpaired) electrons. The van der Waals surface area contributed by atoms with Crippen molar-refractivity contribution in [3.63, 3.8) is 0 Å². The minimum absolute atomic E-state index is 0.267. The average molecular weight is 284 g/mol. The molecule has 1 saturated heterocycles. The largest absolute Gasteiger partial charge is 0.340 e. The fourth-order valence-corrected chi connectivity index (χ4v) is 2.65. The number of hydrogen-bond donors (Lipinski definition) is 1. The lowest BCUT2D eigenvalue weighted by atomic mass is 9.99. The Kier molecular flexibility index (Phi) is 6.92. The van der Waals surface area contributed by atoms with Crippen LogP contribution in [-0.4, -0.2) is 86.1 Å². The lowest BCUT2D eigenvalue weighted by molar-refractivity contribution is -0.143. The van der Waals surface area contributed by atoms with Gasteiger partial charge in [-0.25, -0.2) is 0 Å². The molecule has 20 heavy (non-hydrogen) atoms. The Bertz CT molecular complexity index is 298. The van der Waals surface area contributed by atoms with Crippen molar-refractivity contribution in [1.29, 1.82) is 0 Å². The molecule has 0 atom stereocenters. The molecule has 0 saturated carbocycles. The molecule has 1 aliphatic rings. The predicted molar refractivity (Wildman–Crippen MR) is 83.9 cm³/mol. The Morgan fingerprint density at radius 1 is 1.15 bits per heavy atom. The van der Waals surface area contributed by atoms with Crippen LogP contribution in [0.2, 0.25) is 0 Å². The van der Waals surface area contributed by atoms with E-state index in [0.29, 0.717) is 0 Å². The Labute approximate surface area is 124 Å². The molecular weight excluding hydrogens is 252 g/mol. The van der Waals surface area contributed by atoms with Crippen molar-refractivity contribution in [2.45, 2.75) is 32.7 Å². The van der Waals surface area contributed by atoms with Crippen LogP contribution in [0.4, 0.5) is 0 Å². The second-order valence-electron chi connectivity index (χ2n) is 6.39. The van der Waals surface area contributed by atoms with Crippen LogP contribution in [0.25, 0.3) is 0 Å². The number of likely N-dealkylation sites (N-methyl/N-ethyl adjacent to an activating group) is 1. The molecule has 0 unspecified atom stereocenters. The Morgan fingerprint density at radius 2 is 1.75 bits per heavy atom. The van der Waals surface area contributed by atoms with E-state index in [1.165, 1.54) is 0 Å². The second kappa shape index (κ2) is 7.96. The molecule has 0 aliphatic carbocycles. The maximum Gasteiger partial charge on any atom is 0.242 e. The molecule has 1 amide bonds. The van der Waals surface area contributed by atoms with Gasteiger partial charge in [0.1, 0.15) is 0 Å². The summed E-state index contributed by atoms with van der Waals surface area (Å²) in [4.78, 5) is 19.4. The van der Waals surface area contributed by atoms with E-state index in [4.69, 9.17) is 0 Å². The highest BCUT2D eigenvalue weighted by Crippen LogP contribution is 2.18. The molecule has 5 nitrogen and oxygen atoms in total. The van der Waals surface area contributed by atoms with E-state index in [-0.39, 0.29) is 5.91 Å². The highest BCUT2D eigenvalue weighted by molar-refractivity contribution is 5.85. The van der Waals surface area contributed by atoms with Crippen molar-refractivity contribution in [1.82, 2.24) is 20.0 Å². The van der Waals surface area contributed by atoms with Gasteiger partial charge in [-0.15, -0.1) is 0 Å². The molecule has 0 bridgehead atoms. The van der Waals surface area contributed by atoms with Gasteiger partial charge >= 0.3 is 0 Å². The van der Waals surface area contributed by atoms with Crippen molar-refractivity contribution in [2.24, 2.45) is 0 Å². The van der Waals surface area contributed by atoms with Crippen molar-refractivity contribution >= 4 is 5.91 Å². The molecule has 1 heterocycles. The highest BCUT2D eigenvalue weighted by atomic mass is 16.2. The zero-order valence-electron chi connectivity index (χ0n) is 13.9. The minimum Gasteiger partial charge on any atom is -0.340 e. The van der Waals surface area contributed by atoms with Crippen LogP contribution in [0.15, 0.2) is 0 Å². The van der Waals surface area contributed by atoms with Gasteiger partial charge in [-0.1, -0.05) is 6.92 Å². The van der Waals surface area contributed by atoms with Gasteiger partial charge in [0.05, 0.1) is 5.54 Å². The second-order valence-corrected chi connectivity index (χ2v) is 6.39. The quantitative estimate of drug-likeness (QED) is 0.738. The normalized spacial score (nSPS) is 17.5. The first-order chi connectivity index (χ1) is 9.39. The molecule has 0 aromatic carbocycles. The fraction of sp³-hybridized carbons (Fsp3) is 0.933. The van der Waals surface area contributed by atoms with Crippen molar-refractivity contribution in [2.75, 3.05) is 59.9 Å². The maximum absolute atomic E-state index is 12.9. The first kappa shape index (κ1) is 17.4. The summed E-state index contributed by atoms with van der Waals surface area (Å²) in [5.41, 5.74) is -0.399. The van der Waals surface area contributed by atoms with E-state index in [9.17, 15) is 4.79 Å². The zero-order chi connectivity index (χ0) is 15.2. The van der Waals surface area contributed by atoms with E-state index < -0.39 is 5.54 Å². The van der Waals surface area contributed by atoms with Gasteiger partial charge < -0.3 is 15.1 Å². The molecule has 0 aromatic heterocycles. The van der Waals surface area contributed by atoms with Gasteiger partial charge in [0.2, 0.25) is 5.91 Å². The molecule has 0 aromatic rings. The lowest BCUT2D eigenvalue weighted by Gasteiger charge is -2.42. The summed E-state index contributed by atoms with van der Waals surface area (Å²) in [7, 11) is 4.10. The van der Waals surface area contributed by atoms with Gasteiger partial charge in [-0.2, -0.15) is 0 Å². The molecule has 1 N–H and O–H groups in total. The number of carbonyl (C=O) groups is 1. The predicted octanol–water partition coefficient (Wildman–Crippen LogP) is 0.470. The molecule has 5 heteroatoms. The SMILES string of the molecule is CCCN(CCN(C)C)C(=O)C(C)(C)N1CCNCC1. The third-order valence-corrected chi connectivity index (χ3v) is 4.03. The fourth-order valence-electron chi connectivity index (χ4n) is 2.65. The summed E-state index contributed by atoms with van der Waals surface area (Å²) < 4.78 is 0. The summed E-state index contributed by atoms with van der Waals surface area (Å²) >= 11 is 0. The molecule has 0 spiro atoms. The number of nitrogens with zero attached hydrogens (tertiary/aromatic N) is 3. The third-order valence-electron chi connectivity index (χ3n) is 4.03. The van der Waals surface area contributed by atoms with Crippen molar-refractivity contribution < 1.29 is 4.79 Å². The Hall–Kier alpha value is -0.650. The minimum atomic E-state index is -0.399. The molecule has 1 fully saturated rings. The average Bonchev–Trinajstić information content (AvgIpc) is 2.43. The molecule has 118 valence electrons. The monoisotopic (exact) mass is 284 g/mol. The summed E-state index contributed by atoms with van der Waals surface area (Å²) in [6.07, 6.45) is 1.01. The Balaban J connectivity index is 2.69. The van der Waals surface area contributed by atoms with Crippen LogP contribution in [-0.2, 0) is 4.79 Å². The number of amides is 1. The van der Waals surface area contributed by atoms with Crippen LogP contribution in [0.1, 0.15) is 27.2 Å².